The summed E-state index contributed by atoms with van der Waals surface area (Å²) in [4.78, 5) is 24.5. The molecule has 1 heterocycles. The number of hydrazone groups is 1. The largest absolute Gasteiger partial charge is 0.489 e. The minimum Gasteiger partial charge on any atom is -0.489 e. The average molecular weight is 356 g/mol. The van der Waals surface area contributed by atoms with E-state index >= 15 is 0 Å². The summed E-state index contributed by atoms with van der Waals surface area (Å²) in [6.07, 6.45) is 1.49. The molecular weight excluding hydrogens is 340 g/mol. The van der Waals surface area contributed by atoms with Gasteiger partial charge in [0.05, 0.1) is 17.3 Å². The van der Waals surface area contributed by atoms with Crippen LogP contribution in [0.1, 0.15) is 31.8 Å². The van der Waals surface area contributed by atoms with Crippen molar-refractivity contribution in [3.63, 3.8) is 0 Å². The number of carbonyl (C=O) groups is 2. The van der Waals surface area contributed by atoms with E-state index in [-0.39, 0.29) is 0 Å². The monoisotopic (exact) mass is 356 g/mol. The Morgan fingerprint density at radius 2 is 1.37 bits per heavy atom. The van der Waals surface area contributed by atoms with Gasteiger partial charge in [-0.05, 0) is 47.5 Å². The van der Waals surface area contributed by atoms with E-state index in [0.717, 1.165) is 21.9 Å². The molecule has 0 spiro atoms. The van der Waals surface area contributed by atoms with Gasteiger partial charge in [-0.15, -0.1) is 0 Å². The number of nitrogens with zero attached hydrogens (tertiary/aromatic N) is 2. The van der Waals surface area contributed by atoms with E-state index in [1.165, 1.54) is 6.21 Å². The first-order valence-corrected chi connectivity index (χ1v) is 8.51. The maximum absolute atomic E-state index is 12.3. The average Bonchev–Trinajstić information content (AvgIpc) is 2.97. The first-order chi connectivity index (χ1) is 13.2. The predicted molar refractivity (Wildman–Crippen MR) is 102 cm³/mol. The molecule has 132 valence electrons. The Morgan fingerprint density at radius 3 is 2.00 bits per heavy atom. The fraction of sp³-hybridized carbons (Fsp3) is 0.0455. The molecule has 0 atom stereocenters. The molecule has 0 unspecified atom stereocenters. The highest BCUT2D eigenvalue weighted by Gasteiger charge is 2.35. The number of hydrogen-bond acceptors (Lipinski definition) is 4. The number of imide groups is 1. The smallest absolute Gasteiger partial charge is 0.282 e. The van der Waals surface area contributed by atoms with Crippen LogP contribution in [0.3, 0.4) is 0 Å². The summed E-state index contributed by atoms with van der Waals surface area (Å²) in [5.41, 5.74) is 2.61. The van der Waals surface area contributed by atoms with E-state index in [4.69, 9.17) is 4.74 Å². The standard InChI is InChI=1S/C22H16N2O3/c25-21-19-8-4-5-9-20(19)22(26)24(21)23-14-16-10-12-18(13-11-16)27-15-17-6-2-1-3-7-17/h1-14H,15H2. The first kappa shape index (κ1) is 16.7. The number of fused-ring (bicyclic) bond motifs is 1. The highest BCUT2D eigenvalue weighted by molar-refractivity contribution is 6.21. The Hall–Kier alpha value is -3.73. The zero-order chi connectivity index (χ0) is 18.6. The van der Waals surface area contributed by atoms with Gasteiger partial charge in [-0.2, -0.15) is 10.1 Å². The number of hydrogen-bond donors (Lipinski definition) is 0. The quantitative estimate of drug-likeness (QED) is 0.515. The third-order valence-electron chi connectivity index (χ3n) is 4.22. The van der Waals surface area contributed by atoms with Gasteiger partial charge in [0.15, 0.2) is 0 Å². The Morgan fingerprint density at radius 1 is 0.778 bits per heavy atom. The van der Waals surface area contributed by atoms with E-state index in [9.17, 15) is 9.59 Å². The van der Waals surface area contributed by atoms with Gasteiger partial charge in [0.2, 0.25) is 0 Å². The van der Waals surface area contributed by atoms with Crippen molar-refractivity contribution in [2.45, 2.75) is 6.61 Å². The summed E-state index contributed by atoms with van der Waals surface area (Å²) in [7, 11) is 0. The van der Waals surface area contributed by atoms with Crippen molar-refractivity contribution < 1.29 is 14.3 Å². The molecule has 0 saturated heterocycles. The normalized spacial score (nSPS) is 13.3. The fourth-order valence-electron chi connectivity index (χ4n) is 2.80. The van der Waals surface area contributed by atoms with Crippen molar-refractivity contribution in [1.82, 2.24) is 5.01 Å². The summed E-state index contributed by atoms with van der Waals surface area (Å²) in [6, 6.07) is 23.9. The van der Waals surface area contributed by atoms with Gasteiger partial charge in [0.25, 0.3) is 11.8 Å². The molecule has 0 radical (unpaired) electrons. The summed E-state index contributed by atoms with van der Waals surface area (Å²) in [5, 5.41) is 4.96. The maximum Gasteiger partial charge on any atom is 0.282 e. The number of benzene rings is 3. The summed E-state index contributed by atoms with van der Waals surface area (Å²) in [5.74, 6) is -0.0823. The summed E-state index contributed by atoms with van der Waals surface area (Å²) >= 11 is 0. The molecule has 5 nitrogen and oxygen atoms in total. The van der Waals surface area contributed by atoms with Gasteiger partial charge >= 0.3 is 0 Å². The van der Waals surface area contributed by atoms with Gasteiger partial charge in [0, 0.05) is 0 Å². The van der Waals surface area contributed by atoms with Crippen LogP contribution in [0.5, 0.6) is 5.75 Å². The van der Waals surface area contributed by atoms with Crippen LogP contribution in [-0.2, 0) is 6.61 Å². The lowest BCUT2D eigenvalue weighted by atomic mass is 10.1. The summed E-state index contributed by atoms with van der Waals surface area (Å²) < 4.78 is 5.74. The number of ether oxygens (including phenoxy) is 1. The zero-order valence-corrected chi connectivity index (χ0v) is 14.4. The molecule has 0 aliphatic carbocycles. The van der Waals surface area contributed by atoms with Crippen molar-refractivity contribution in [3.8, 4) is 5.75 Å². The molecule has 1 aliphatic rings. The highest BCUT2D eigenvalue weighted by Crippen LogP contribution is 2.22. The van der Waals surface area contributed by atoms with Gasteiger partial charge in [0.1, 0.15) is 12.4 Å². The molecule has 27 heavy (non-hydrogen) atoms. The molecule has 4 rings (SSSR count). The molecule has 3 aromatic carbocycles. The highest BCUT2D eigenvalue weighted by atomic mass is 16.5. The lowest BCUT2D eigenvalue weighted by Crippen LogP contribution is -2.23. The van der Waals surface area contributed by atoms with Gasteiger partial charge < -0.3 is 4.74 Å². The molecule has 0 aromatic heterocycles. The van der Waals surface area contributed by atoms with Crippen LogP contribution in [0.25, 0.3) is 0 Å². The Balaban J connectivity index is 1.42. The molecular formula is C22H16N2O3. The van der Waals surface area contributed by atoms with Crippen LogP contribution in [0.4, 0.5) is 0 Å². The zero-order valence-electron chi connectivity index (χ0n) is 14.4. The van der Waals surface area contributed by atoms with Crippen LogP contribution in [0.15, 0.2) is 84.0 Å². The second kappa shape index (κ2) is 7.25. The van der Waals surface area contributed by atoms with Gasteiger partial charge in [-0.3, -0.25) is 9.59 Å². The van der Waals surface area contributed by atoms with Crippen LogP contribution in [0, 0.1) is 0 Å². The second-order valence-electron chi connectivity index (χ2n) is 6.06. The predicted octanol–water partition coefficient (Wildman–Crippen LogP) is 3.90. The lowest BCUT2D eigenvalue weighted by Gasteiger charge is -2.07. The molecule has 0 fully saturated rings. The molecule has 3 aromatic rings. The molecule has 5 heteroatoms. The van der Waals surface area contributed by atoms with Crippen molar-refractivity contribution in [2.75, 3.05) is 0 Å². The number of rotatable bonds is 5. The maximum atomic E-state index is 12.3. The first-order valence-electron chi connectivity index (χ1n) is 8.51. The van der Waals surface area contributed by atoms with E-state index in [1.54, 1.807) is 24.3 Å². The fourth-order valence-corrected chi connectivity index (χ4v) is 2.80. The topological polar surface area (TPSA) is 59.0 Å². The van der Waals surface area contributed by atoms with E-state index in [0.29, 0.717) is 17.7 Å². The van der Waals surface area contributed by atoms with Gasteiger partial charge in [-0.25, -0.2) is 0 Å². The van der Waals surface area contributed by atoms with Crippen LogP contribution >= 0.6 is 0 Å². The molecule has 0 saturated carbocycles. The summed E-state index contributed by atoms with van der Waals surface area (Å²) in [6.45, 7) is 0.489. The van der Waals surface area contributed by atoms with Crippen molar-refractivity contribution in [2.24, 2.45) is 5.10 Å². The van der Waals surface area contributed by atoms with Crippen LogP contribution < -0.4 is 4.74 Å². The Bertz CT molecular complexity index is 976. The van der Waals surface area contributed by atoms with Crippen molar-refractivity contribution >= 4 is 18.0 Å². The second-order valence-corrected chi connectivity index (χ2v) is 6.06. The Kier molecular flexibility index (Phi) is 4.49. The van der Waals surface area contributed by atoms with Crippen LogP contribution in [0.2, 0.25) is 0 Å². The third kappa shape index (κ3) is 3.48. The van der Waals surface area contributed by atoms with Crippen molar-refractivity contribution in [1.29, 1.82) is 0 Å². The molecule has 0 N–H and O–H groups in total. The number of carbonyl (C=O) groups excluding carboxylic acids is 2. The Labute approximate surface area is 156 Å². The molecule has 0 bridgehead atoms. The minimum atomic E-state index is -0.408. The molecule has 2 amide bonds. The molecule has 1 aliphatic heterocycles. The minimum absolute atomic E-state index is 0.379. The van der Waals surface area contributed by atoms with E-state index in [1.807, 2.05) is 54.6 Å². The van der Waals surface area contributed by atoms with E-state index < -0.39 is 11.8 Å². The van der Waals surface area contributed by atoms with E-state index in [2.05, 4.69) is 5.10 Å². The van der Waals surface area contributed by atoms with Crippen molar-refractivity contribution in [3.05, 3.63) is 101 Å². The lowest BCUT2D eigenvalue weighted by molar-refractivity contribution is 0.0660. The van der Waals surface area contributed by atoms with Crippen LogP contribution in [-0.4, -0.2) is 23.0 Å². The number of amides is 2. The SMILES string of the molecule is O=C1c2ccccc2C(=O)N1N=Cc1ccc(OCc2ccccc2)cc1. The van der Waals surface area contributed by atoms with Gasteiger partial charge in [-0.1, -0.05) is 42.5 Å². The third-order valence-corrected chi connectivity index (χ3v) is 4.22.